The summed E-state index contributed by atoms with van der Waals surface area (Å²) < 4.78 is 20.8. The molecule has 0 aromatic heterocycles. The maximum Gasteiger partial charge on any atom is 0.305 e. The van der Waals surface area contributed by atoms with E-state index in [0.29, 0.717) is 43.7 Å². The minimum atomic E-state index is -2.10. The standard InChI is InChI=1S/C59H80FN9O13/c1-7-39-29-42(82-24-11-10-23-61)21-22-43(39)40-19-17-37(18-20-40)28-46(53(76)64-45(52(63)75)16-12-13-38-26-33(2)25-34(3)27-38)65-54(77)47(30-49(73)74)66-55(78)48(32-70)67-57(80)51(36(5)72)68-58(81)59(6,69-56(79)50(62)35(4)71)31-41-14-8-9-15-44(41)60/h8-9,14-15,17-22,25-27,29,35-36,45-48,50-51,70-72H,7,10-13,16,23-24,28,30-32,61-62H2,1-6H3,(H2,63,75)(H,64,76)(H,65,77)(H,66,78)(H,67,80)(H,68,81)(H,69,79)(H,73,74)/t35-,36-,45+,46+,47+,48+,50+,51+,59+/m1/s1. The zero-order valence-electron chi connectivity index (χ0n) is 47.3. The first-order valence-electron chi connectivity index (χ1n) is 27.2. The van der Waals surface area contributed by atoms with Crippen molar-refractivity contribution in [2.24, 2.45) is 17.2 Å². The second-order valence-corrected chi connectivity index (χ2v) is 20.8. The van der Waals surface area contributed by atoms with Gasteiger partial charge in [-0.25, -0.2) is 4.39 Å². The third kappa shape index (κ3) is 20.3. The average Bonchev–Trinajstić information content (AvgIpc) is 3.42. The number of aryl methyl sites for hydroxylation is 4. The number of carboxylic acid groups (broad SMARTS) is 1. The van der Waals surface area contributed by atoms with Gasteiger partial charge in [0.05, 0.1) is 31.8 Å². The van der Waals surface area contributed by atoms with Crippen LogP contribution in [0, 0.1) is 19.7 Å². The summed E-state index contributed by atoms with van der Waals surface area (Å²) in [5, 5.41) is 55.2. The molecule has 9 atom stereocenters. The number of benzene rings is 4. The second-order valence-electron chi connectivity index (χ2n) is 20.8. The van der Waals surface area contributed by atoms with Gasteiger partial charge in [0, 0.05) is 12.8 Å². The van der Waals surface area contributed by atoms with Crippen molar-refractivity contribution in [2.75, 3.05) is 19.8 Å². The van der Waals surface area contributed by atoms with E-state index in [4.69, 9.17) is 21.9 Å². The molecule has 0 radical (unpaired) electrons. The number of halogens is 1. The molecule has 22 nitrogen and oxygen atoms in total. The Morgan fingerprint density at radius 1 is 0.695 bits per heavy atom. The zero-order valence-corrected chi connectivity index (χ0v) is 47.3. The summed E-state index contributed by atoms with van der Waals surface area (Å²) in [5.41, 5.74) is 21.5. The Morgan fingerprint density at radius 3 is 1.89 bits per heavy atom. The zero-order chi connectivity index (χ0) is 60.8. The van der Waals surface area contributed by atoms with Crippen molar-refractivity contribution in [1.29, 1.82) is 0 Å². The average molecular weight is 1140 g/mol. The van der Waals surface area contributed by atoms with Gasteiger partial charge in [-0.2, -0.15) is 0 Å². The fourth-order valence-electron chi connectivity index (χ4n) is 9.09. The van der Waals surface area contributed by atoms with Crippen molar-refractivity contribution in [3.8, 4) is 16.9 Å². The Bertz CT molecular complexity index is 2830. The van der Waals surface area contributed by atoms with Crippen LogP contribution in [0.2, 0.25) is 0 Å². The smallest absolute Gasteiger partial charge is 0.305 e. The van der Waals surface area contributed by atoms with Crippen molar-refractivity contribution < 1.29 is 67.9 Å². The molecule has 0 aliphatic heterocycles. The summed E-state index contributed by atoms with van der Waals surface area (Å²) >= 11 is 0. The molecule has 0 heterocycles. The second kappa shape index (κ2) is 32.0. The van der Waals surface area contributed by atoms with Crippen LogP contribution in [0.3, 0.4) is 0 Å². The highest BCUT2D eigenvalue weighted by molar-refractivity contribution is 5.99. The summed E-state index contributed by atoms with van der Waals surface area (Å²) in [7, 11) is 0. The number of nitrogens with one attached hydrogen (secondary N) is 6. The molecule has 0 saturated carbocycles. The highest BCUT2D eigenvalue weighted by Gasteiger charge is 2.41. The van der Waals surface area contributed by atoms with E-state index in [2.05, 4.69) is 31.9 Å². The number of carbonyl (C=O) groups excluding carboxylic acids is 7. The summed E-state index contributed by atoms with van der Waals surface area (Å²) in [4.78, 5) is 108. The fraction of sp³-hybridized carbons (Fsp3) is 0.458. The number of aliphatic hydroxyl groups is 3. The quantitative estimate of drug-likeness (QED) is 0.0295. The van der Waals surface area contributed by atoms with Gasteiger partial charge in [-0.15, -0.1) is 0 Å². The largest absolute Gasteiger partial charge is 0.494 e. The maximum atomic E-state index is 14.9. The molecule has 0 aliphatic rings. The topological polar surface area (TPSA) is 377 Å². The number of carboxylic acids is 1. The number of hydrogen-bond acceptors (Lipinski definition) is 14. The SMILES string of the molecule is CCc1cc(OCCCCN)ccc1-c1ccc(C[C@H](NC(=O)[C@H](CC(=O)O)NC(=O)[C@H](CO)NC(=O)[C@@H](NC(=O)[C@](C)(Cc2ccccc2F)NC(=O)[C@@H](N)[C@@H](C)O)[C@@H](C)O)C(=O)N[C@@H](CCCc2cc(C)cc(C)c2)C(N)=O)cc1. The van der Waals surface area contributed by atoms with Crippen LogP contribution in [0.25, 0.3) is 11.1 Å². The minimum absolute atomic E-state index is 0.0546. The van der Waals surface area contributed by atoms with Crippen LogP contribution in [0.5, 0.6) is 5.75 Å². The van der Waals surface area contributed by atoms with Gasteiger partial charge in [0.15, 0.2) is 0 Å². The Hall–Kier alpha value is -7.83. The lowest BCUT2D eigenvalue weighted by Crippen LogP contribution is -2.66. The maximum absolute atomic E-state index is 14.9. The molecule has 4 aromatic carbocycles. The van der Waals surface area contributed by atoms with E-state index in [1.165, 1.54) is 32.0 Å². The van der Waals surface area contributed by atoms with Gasteiger partial charge < -0.3 is 74.3 Å². The molecule has 7 amide bonds. The highest BCUT2D eigenvalue weighted by atomic mass is 19.1. The first-order chi connectivity index (χ1) is 38.8. The molecular formula is C59H80FN9O13. The van der Waals surface area contributed by atoms with Gasteiger partial charge in [0.2, 0.25) is 41.4 Å². The number of hydrogen-bond donors (Lipinski definition) is 13. The van der Waals surface area contributed by atoms with Crippen LogP contribution < -0.4 is 53.8 Å². The van der Waals surface area contributed by atoms with Crippen LogP contribution in [-0.2, 0) is 64.0 Å². The van der Waals surface area contributed by atoms with E-state index < -0.39 is 127 Å². The van der Waals surface area contributed by atoms with Gasteiger partial charge in [-0.3, -0.25) is 38.4 Å². The molecule has 23 heteroatoms. The van der Waals surface area contributed by atoms with Gasteiger partial charge in [-0.1, -0.05) is 84.8 Å². The molecule has 4 rings (SSSR count). The molecule has 0 spiro atoms. The van der Waals surface area contributed by atoms with Crippen LogP contribution in [0.1, 0.15) is 93.2 Å². The molecule has 4 aromatic rings. The van der Waals surface area contributed by atoms with Gasteiger partial charge in [0.1, 0.15) is 53.4 Å². The summed E-state index contributed by atoms with van der Waals surface area (Å²) in [6.45, 7) is 9.32. The molecule has 0 aliphatic carbocycles. The van der Waals surface area contributed by atoms with Gasteiger partial charge in [0.25, 0.3) is 0 Å². The summed E-state index contributed by atoms with van der Waals surface area (Å²) in [6.07, 6.45) is -1.52. The van der Waals surface area contributed by atoms with E-state index in [9.17, 15) is 63.2 Å². The number of nitrogens with two attached hydrogens (primary N) is 3. The van der Waals surface area contributed by atoms with E-state index >= 15 is 0 Å². The van der Waals surface area contributed by atoms with E-state index in [1.54, 1.807) is 12.1 Å². The number of amides is 7. The number of aliphatic carboxylic acids is 1. The van der Waals surface area contributed by atoms with Crippen molar-refractivity contribution in [3.05, 3.63) is 124 Å². The lowest BCUT2D eigenvalue weighted by molar-refractivity contribution is -0.142. The van der Waals surface area contributed by atoms with Gasteiger partial charge in [-0.05, 0) is 131 Å². The number of carbonyl (C=O) groups is 8. The van der Waals surface area contributed by atoms with Crippen LogP contribution in [0.15, 0.2) is 84.9 Å². The number of ether oxygens (including phenoxy) is 1. The number of aliphatic hydroxyl groups excluding tert-OH is 3. The number of primary amides is 1. The van der Waals surface area contributed by atoms with Crippen LogP contribution >= 0.6 is 0 Å². The first-order valence-corrected chi connectivity index (χ1v) is 27.2. The molecular weight excluding hydrogens is 1060 g/mol. The molecule has 0 unspecified atom stereocenters. The molecule has 82 heavy (non-hydrogen) atoms. The minimum Gasteiger partial charge on any atom is -0.494 e. The molecule has 16 N–H and O–H groups in total. The Balaban J connectivity index is 1.59. The van der Waals surface area contributed by atoms with Crippen LogP contribution in [0.4, 0.5) is 4.39 Å². The van der Waals surface area contributed by atoms with E-state index in [-0.39, 0.29) is 18.4 Å². The Labute approximate surface area is 476 Å². The van der Waals surface area contributed by atoms with Crippen molar-refractivity contribution >= 4 is 47.3 Å². The Kier molecular flexibility index (Phi) is 26.0. The van der Waals surface area contributed by atoms with E-state index in [0.717, 1.165) is 59.2 Å². The van der Waals surface area contributed by atoms with Crippen molar-refractivity contribution in [3.63, 3.8) is 0 Å². The number of unbranched alkanes of at least 4 members (excludes halogenated alkanes) is 1. The molecule has 0 saturated heterocycles. The molecule has 0 fully saturated rings. The summed E-state index contributed by atoms with van der Waals surface area (Å²) in [6, 6.07) is 14.1. The Morgan fingerprint density at radius 2 is 1.30 bits per heavy atom. The highest BCUT2D eigenvalue weighted by Crippen LogP contribution is 2.29. The van der Waals surface area contributed by atoms with E-state index in [1.807, 2.05) is 69.3 Å². The lowest BCUT2D eigenvalue weighted by Gasteiger charge is -2.34. The van der Waals surface area contributed by atoms with Crippen molar-refractivity contribution in [1.82, 2.24) is 31.9 Å². The normalized spacial score (nSPS) is 14.9. The van der Waals surface area contributed by atoms with Crippen molar-refractivity contribution in [2.45, 2.75) is 153 Å². The predicted octanol–water partition coefficient (Wildman–Crippen LogP) is 0.938. The van der Waals surface area contributed by atoms with Crippen LogP contribution in [-0.4, -0.2) is 142 Å². The number of rotatable bonds is 33. The first kappa shape index (κ1) is 66.7. The molecule has 446 valence electrons. The summed E-state index contributed by atoms with van der Waals surface area (Å²) in [5.74, 6) is -9.34. The fourth-order valence-corrected chi connectivity index (χ4v) is 9.09. The molecule has 0 bridgehead atoms. The third-order valence-corrected chi connectivity index (χ3v) is 13.7. The van der Waals surface area contributed by atoms with Gasteiger partial charge >= 0.3 is 5.97 Å². The monoisotopic (exact) mass is 1140 g/mol. The third-order valence-electron chi connectivity index (χ3n) is 13.7. The predicted molar refractivity (Wildman–Crippen MR) is 304 cm³/mol. The lowest BCUT2D eigenvalue weighted by atomic mass is 9.90.